The van der Waals surface area contributed by atoms with Crippen LogP contribution in [0.1, 0.15) is 63.0 Å². The Bertz CT molecular complexity index is 741. The van der Waals surface area contributed by atoms with Crippen molar-refractivity contribution < 1.29 is 4.74 Å². The first-order chi connectivity index (χ1) is 11.6. The van der Waals surface area contributed by atoms with E-state index in [-0.39, 0.29) is 5.41 Å². The van der Waals surface area contributed by atoms with E-state index in [9.17, 15) is 5.26 Å². The fourth-order valence-electron chi connectivity index (χ4n) is 6.18. The maximum atomic E-state index is 9.39. The molecule has 2 heteroatoms. The number of nitrogens with zero attached hydrogens (tertiary/aromatic N) is 1. The van der Waals surface area contributed by atoms with Gasteiger partial charge < -0.3 is 4.74 Å². The minimum absolute atomic E-state index is 0.269. The van der Waals surface area contributed by atoms with E-state index in [1.54, 1.807) is 12.7 Å². The largest absolute Gasteiger partial charge is 0.497 e. The van der Waals surface area contributed by atoms with E-state index < -0.39 is 0 Å². The lowest BCUT2D eigenvalue weighted by molar-refractivity contribution is 0.0810. The molecule has 24 heavy (non-hydrogen) atoms. The van der Waals surface area contributed by atoms with Crippen LogP contribution < -0.4 is 4.74 Å². The zero-order valence-electron chi connectivity index (χ0n) is 15.1. The van der Waals surface area contributed by atoms with Crippen LogP contribution in [0, 0.1) is 28.6 Å². The van der Waals surface area contributed by atoms with Crippen LogP contribution in [-0.2, 0) is 6.42 Å². The molecule has 126 valence electrons. The summed E-state index contributed by atoms with van der Waals surface area (Å²) in [5.74, 6) is 3.24. The number of rotatable bonds is 1. The highest BCUT2D eigenvalue weighted by Gasteiger charge is 2.52. The molecule has 4 atom stereocenters. The lowest BCUT2D eigenvalue weighted by atomic mass is 9.55. The lowest BCUT2D eigenvalue weighted by Gasteiger charge is -2.49. The van der Waals surface area contributed by atoms with Gasteiger partial charge in [-0.1, -0.05) is 18.6 Å². The summed E-state index contributed by atoms with van der Waals surface area (Å²) in [6.45, 7) is 4.47. The fraction of sp³-hybridized carbons (Fsp3) is 0.591. The van der Waals surface area contributed by atoms with Gasteiger partial charge in [0.05, 0.1) is 13.2 Å². The predicted molar refractivity (Wildman–Crippen MR) is 95.9 cm³/mol. The van der Waals surface area contributed by atoms with E-state index >= 15 is 0 Å². The molecular formula is C22H27NO. The number of allylic oxidation sites excluding steroid dienone is 2. The molecule has 0 N–H and O–H groups in total. The van der Waals surface area contributed by atoms with Crippen LogP contribution in [0.25, 0.3) is 0 Å². The molecule has 2 saturated carbocycles. The van der Waals surface area contributed by atoms with Crippen molar-refractivity contribution in [2.75, 3.05) is 7.11 Å². The van der Waals surface area contributed by atoms with Gasteiger partial charge in [0.25, 0.3) is 0 Å². The minimum Gasteiger partial charge on any atom is -0.497 e. The molecule has 0 bridgehead atoms. The third kappa shape index (κ3) is 2.14. The molecular weight excluding hydrogens is 294 g/mol. The SMILES string of the molecule is COc1ccc2c(c1)CCC1C2CCC2(C)/C(=C(\C)C#N)CCC12. The van der Waals surface area contributed by atoms with Gasteiger partial charge >= 0.3 is 0 Å². The van der Waals surface area contributed by atoms with Gasteiger partial charge in [0.15, 0.2) is 0 Å². The van der Waals surface area contributed by atoms with Gasteiger partial charge in [-0.05, 0) is 91.9 Å². The standard InChI is InChI=1S/C22H27NO/c1-14(13-23)20-8-9-21-19-6-4-15-12-16(24-3)5-7-17(15)18(19)10-11-22(20,21)2/h5,7,12,18-19,21H,4,6,8-11H2,1-3H3/b20-14+. The molecule has 1 aromatic rings. The lowest BCUT2D eigenvalue weighted by Crippen LogP contribution is -2.40. The van der Waals surface area contributed by atoms with Gasteiger partial charge in [-0.15, -0.1) is 0 Å². The zero-order valence-corrected chi connectivity index (χ0v) is 15.1. The van der Waals surface area contributed by atoms with Gasteiger partial charge in [-0.2, -0.15) is 5.26 Å². The second-order valence-electron chi connectivity index (χ2n) is 8.19. The summed E-state index contributed by atoms with van der Waals surface area (Å²) in [5, 5.41) is 9.39. The highest BCUT2D eigenvalue weighted by atomic mass is 16.5. The molecule has 3 aliphatic rings. The van der Waals surface area contributed by atoms with E-state index in [2.05, 4.69) is 31.2 Å². The van der Waals surface area contributed by atoms with Crippen LogP contribution >= 0.6 is 0 Å². The molecule has 0 heterocycles. The Morgan fingerprint density at radius 1 is 1.25 bits per heavy atom. The summed E-state index contributed by atoms with van der Waals surface area (Å²) in [6, 6.07) is 9.13. The summed E-state index contributed by atoms with van der Waals surface area (Å²) in [5.41, 5.74) is 5.79. The number of hydrogen-bond donors (Lipinski definition) is 0. The Labute approximate surface area is 145 Å². The van der Waals surface area contributed by atoms with Gasteiger partial charge in [-0.3, -0.25) is 0 Å². The molecule has 4 unspecified atom stereocenters. The average Bonchev–Trinajstić information content (AvgIpc) is 2.97. The number of nitriles is 1. The second-order valence-corrected chi connectivity index (χ2v) is 8.19. The molecule has 0 amide bonds. The van der Waals surface area contributed by atoms with Crippen LogP contribution in [0.15, 0.2) is 29.3 Å². The van der Waals surface area contributed by atoms with Crippen LogP contribution in [0.2, 0.25) is 0 Å². The molecule has 0 aliphatic heterocycles. The first kappa shape index (κ1) is 15.8. The van der Waals surface area contributed by atoms with E-state index in [4.69, 9.17) is 4.74 Å². The smallest absolute Gasteiger partial charge is 0.119 e. The molecule has 2 nitrogen and oxygen atoms in total. The number of fused-ring (bicyclic) bond motifs is 5. The average molecular weight is 321 g/mol. The predicted octanol–water partition coefficient (Wildman–Crippen LogP) is 5.39. The number of benzene rings is 1. The Morgan fingerprint density at radius 2 is 2.08 bits per heavy atom. The maximum absolute atomic E-state index is 9.39. The first-order valence-electron chi connectivity index (χ1n) is 9.35. The summed E-state index contributed by atoms with van der Waals surface area (Å²) in [6.07, 6.45) is 7.38. The highest BCUT2D eigenvalue weighted by Crippen LogP contribution is 2.63. The molecule has 2 fully saturated rings. The Morgan fingerprint density at radius 3 is 2.83 bits per heavy atom. The van der Waals surface area contributed by atoms with Crippen molar-refractivity contribution in [3.63, 3.8) is 0 Å². The molecule has 1 aromatic carbocycles. The van der Waals surface area contributed by atoms with Crippen molar-refractivity contribution in [3.05, 3.63) is 40.5 Å². The maximum Gasteiger partial charge on any atom is 0.119 e. The van der Waals surface area contributed by atoms with Gasteiger partial charge in [-0.25, -0.2) is 0 Å². The number of methoxy groups -OCH3 is 1. The van der Waals surface area contributed by atoms with Crippen molar-refractivity contribution in [1.82, 2.24) is 0 Å². The molecule has 3 aliphatic carbocycles. The normalized spacial score (nSPS) is 36.2. The van der Waals surface area contributed by atoms with Crippen LogP contribution in [0.3, 0.4) is 0 Å². The zero-order chi connectivity index (χ0) is 16.9. The van der Waals surface area contributed by atoms with E-state index in [1.165, 1.54) is 43.2 Å². The van der Waals surface area contributed by atoms with Crippen molar-refractivity contribution in [2.24, 2.45) is 17.3 Å². The topological polar surface area (TPSA) is 33.0 Å². The monoisotopic (exact) mass is 321 g/mol. The number of hydrogen-bond acceptors (Lipinski definition) is 2. The van der Waals surface area contributed by atoms with E-state index in [0.717, 1.165) is 29.6 Å². The quantitative estimate of drug-likeness (QED) is 0.650. The Balaban J connectivity index is 1.69. The van der Waals surface area contributed by atoms with Crippen molar-refractivity contribution in [3.8, 4) is 11.8 Å². The van der Waals surface area contributed by atoms with E-state index in [0.29, 0.717) is 5.92 Å². The summed E-state index contributed by atoms with van der Waals surface area (Å²) in [7, 11) is 1.75. The van der Waals surface area contributed by atoms with Crippen LogP contribution in [0.4, 0.5) is 0 Å². The summed E-state index contributed by atoms with van der Waals surface area (Å²) < 4.78 is 5.42. The fourth-order valence-corrected chi connectivity index (χ4v) is 6.18. The summed E-state index contributed by atoms with van der Waals surface area (Å²) >= 11 is 0. The highest BCUT2D eigenvalue weighted by molar-refractivity contribution is 5.42. The molecule has 0 aromatic heterocycles. The van der Waals surface area contributed by atoms with Crippen LogP contribution in [0.5, 0.6) is 5.75 Å². The van der Waals surface area contributed by atoms with Gasteiger partial charge in [0.1, 0.15) is 5.75 Å². The van der Waals surface area contributed by atoms with Crippen molar-refractivity contribution in [2.45, 2.75) is 58.3 Å². The van der Waals surface area contributed by atoms with Crippen molar-refractivity contribution >= 4 is 0 Å². The van der Waals surface area contributed by atoms with E-state index in [1.807, 2.05) is 6.92 Å². The van der Waals surface area contributed by atoms with Crippen LogP contribution in [-0.4, -0.2) is 7.11 Å². The molecule has 4 rings (SSSR count). The molecule has 0 radical (unpaired) electrons. The number of aryl methyl sites for hydroxylation is 1. The third-order valence-electron chi connectivity index (χ3n) is 7.34. The molecule has 0 saturated heterocycles. The first-order valence-corrected chi connectivity index (χ1v) is 9.35. The molecule has 0 spiro atoms. The third-order valence-corrected chi connectivity index (χ3v) is 7.34. The number of ether oxygens (including phenoxy) is 1. The Kier molecular flexibility index (Phi) is 3.71. The van der Waals surface area contributed by atoms with Gasteiger partial charge in [0.2, 0.25) is 0 Å². The second kappa shape index (κ2) is 5.66. The minimum atomic E-state index is 0.269. The van der Waals surface area contributed by atoms with Crippen molar-refractivity contribution in [1.29, 1.82) is 5.26 Å². The Hall–Kier alpha value is -1.75. The van der Waals surface area contributed by atoms with Gasteiger partial charge in [0, 0.05) is 5.57 Å². The summed E-state index contributed by atoms with van der Waals surface area (Å²) in [4.78, 5) is 0.